The topological polar surface area (TPSA) is 109 Å². The summed E-state index contributed by atoms with van der Waals surface area (Å²) in [6.45, 7) is 2.06. The summed E-state index contributed by atoms with van der Waals surface area (Å²) in [7, 11) is 0. The first-order valence-corrected chi connectivity index (χ1v) is 9.08. The van der Waals surface area contributed by atoms with E-state index in [1.54, 1.807) is 54.5 Å². The van der Waals surface area contributed by atoms with Gasteiger partial charge < -0.3 is 14.5 Å². The molecule has 0 aliphatic carbocycles. The second-order valence-electron chi connectivity index (χ2n) is 6.76. The first kappa shape index (κ1) is 17.1. The Kier molecular flexibility index (Phi) is 3.83. The van der Waals surface area contributed by atoms with Gasteiger partial charge in [0.25, 0.3) is 5.56 Å². The van der Waals surface area contributed by atoms with Crippen molar-refractivity contribution in [1.82, 2.24) is 29.5 Å². The van der Waals surface area contributed by atoms with Crippen molar-refractivity contribution >= 4 is 27.9 Å². The molecule has 29 heavy (non-hydrogen) atoms. The van der Waals surface area contributed by atoms with E-state index in [2.05, 4.69) is 24.9 Å². The highest BCUT2D eigenvalue weighted by atomic mass is 16.1. The average molecular weight is 384 g/mol. The number of aromatic amines is 2. The number of pyridine rings is 3. The quantitative estimate of drug-likeness (QED) is 0.463. The molecule has 5 aromatic heterocycles. The highest BCUT2D eigenvalue weighted by Crippen LogP contribution is 2.20. The Morgan fingerprint density at radius 3 is 2.76 bits per heavy atom. The number of fused-ring (bicyclic) bond motifs is 2. The van der Waals surface area contributed by atoms with E-state index in [9.17, 15) is 9.59 Å². The lowest BCUT2D eigenvalue weighted by atomic mass is 10.0. The normalized spacial score (nSPS) is 11.3. The first-order chi connectivity index (χ1) is 14.1. The summed E-state index contributed by atoms with van der Waals surface area (Å²) in [4.78, 5) is 44.8. The van der Waals surface area contributed by atoms with Crippen LogP contribution in [0.5, 0.6) is 0 Å². The highest BCUT2D eigenvalue weighted by molar-refractivity contribution is 6.16. The Hall–Kier alpha value is -4.07. The Balaban J connectivity index is 1.54. The monoisotopic (exact) mass is 384 g/mol. The minimum absolute atomic E-state index is 0.164. The first-order valence-electron chi connectivity index (χ1n) is 9.08. The largest absolute Gasteiger partial charge is 0.356 e. The summed E-state index contributed by atoms with van der Waals surface area (Å²) in [5, 5.41) is 0.589. The number of rotatable bonds is 4. The standard InChI is InChI=1S/C21H16N6O2/c1-12-13(4-2-7-22-12)19(28)15-10-24-18-14(15)6-9-27(21(18)29)11-17-25-16-5-3-8-23-20(16)26-17/h2-10,24H,11H2,1H3,(H,23,25,26). The second kappa shape index (κ2) is 6.52. The van der Waals surface area contributed by atoms with Crippen LogP contribution in [0.1, 0.15) is 27.4 Å². The number of aryl methyl sites for hydroxylation is 1. The molecule has 0 aromatic carbocycles. The molecule has 0 atom stereocenters. The van der Waals surface area contributed by atoms with Gasteiger partial charge >= 0.3 is 0 Å². The third-order valence-corrected chi connectivity index (χ3v) is 4.94. The maximum Gasteiger partial charge on any atom is 0.275 e. The molecule has 0 fully saturated rings. The van der Waals surface area contributed by atoms with E-state index in [-0.39, 0.29) is 17.9 Å². The molecular formula is C21H16N6O2. The Bertz CT molecular complexity index is 1410. The van der Waals surface area contributed by atoms with Gasteiger partial charge in [0.1, 0.15) is 11.3 Å². The molecule has 0 aliphatic rings. The number of hydrogen-bond donors (Lipinski definition) is 2. The second-order valence-corrected chi connectivity index (χ2v) is 6.76. The molecule has 5 heterocycles. The van der Waals surface area contributed by atoms with Crippen molar-refractivity contribution in [2.45, 2.75) is 13.5 Å². The van der Waals surface area contributed by atoms with E-state index in [4.69, 9.17) is 0 Å². The van der Waals surface area contributed by atoms with Crippen molar-refractivity contribution in [2.75, 3.05) is 0 Å². The molecule has 0 saturated heterocycles. The molecule has 0 spiro atoms. The molecule has 5 rings (SSSR count). The van der Waals surface area contributed by atoms with Crippen LogP contribution in [0.25, 0.3) is 22.1 Å². The van der Waals surface area contributed by atoms with Crippen LogP contribution in [0.2, 0.25) is 0 Å². The van der Waals surface area contributed by atoms with Crippen molar-refractivity contribution in [2.24, 2.45) is 0 Å². The molecule has 0 aliphatic heterocycles. The van der Waals surface area contributed by atoms with Crippen LogP contribution < -0.4 is 5.56 Å². The molecular weight excluding hydrogens is 368 g/mol. The molecule has 0 unspecified atom stereocenters. The predicted molar refractivity (Wildman–Crippen MR) is 108 cm³/mol. The number of ketones is 1. The molecule has 0 saturated carbocycles. The van der Waals surface area contributed by atoms with Gasteiger partial charge in [-0.3, -0.25) is 14.6 Å². The van der Waals surface area contributed by atoms with Gasteiger partial charge in [-0.15, -0.1) is 0 Å². The fourth-order valence-corrected chi connectivity index (χ4v) is 3.47. The van der Waals surface area contributed by atoms with Crippen LogP contribution in [0.4, 0.5) is 0 Å². The minimum Gasteiger partial charge on any atom is -0.356 e. The molecule has 8 heteroatoms. The van der Waals surface area contributed by atoms with E-state index < -0.39 is 0 Å². The van der Waals surface area contributed by atoms with E-state index in [1.807, 2.05) is 12.1 Å². The lowest BCUT2D eigenvalue weighted by molar-refractivity contribution is 0.103. The summed E-state index contributed by atoms with van der Waals surface area (Å²) in [6.07, 6.45) is 6.57. The number of nitrogens with zero attached hydrogens (tertiary/aromatic N) is 4. The van der Waals surface area contributed by atoms with Gasteiger partial charge in [0.2, 0.25) is 0 Å². The molecule has 2 N–H and O–H groups in total. The number of H-pyrrole nitrogens is 2. The molecule has 0 amide bonds. The van der Waals surface area contributed by atoms with Crippen LogP contribution in [-0.2, 0) is 6.54 Å². The number of hydrogen-bond acceptors (Lipinski definition) is 5. The van der Waals surface area contributed by atoms with Crippen molar-refractivity contribution in [3.05, 3.63) is 88.1 Å². The molecule has 0 radical (unpaired) electrons. The number of carbonyl (C=O) groups is 1. The van der Waals surface area contributed by atoms with Gasteiger partial charge in [-0.1, -0.05) is 0 Å². The smallest absolute Gasteiger partial charge is 0.275 e. The average Bonchev–Trinajstić information content (AvgIpc) is 3.34. The number of imidazole rings is 1. The molecule has 0 bridgehead atoms. The fourth-order valence-electron chi connectivity index (χ4n) is 3.47. The predicted octanol–water partition coefficient (Wildman–Crippen LogP) is 2.58. The summed E-state index contributed by atoms with van der Waals surface area (Å²) in [5.41, 5.74) is 3.20. The lowest BCUT2D eigenvalue weighted by Gasteiger charge is -2.05. The van der Waals surface area contributed by atoms with Crippen LogP contribution in [-0.4, -0.2) is 35.3 Å². The van der Waals surface area contributed by atoms with Gasteiger partial charge in [0.05, 0.1) is 12.1 Å². The van der Waals surface area contributed by atoms with E-state index in [0.29, 0.717) is 39.2 Å². The van der Waals surface area contributed by atoms with E-state index >= 15 is 0 Å². The minimum atomic E-state index is -0.224. The fraction of sp³-hybridized carbons (Fsp3) is 0.0952. The van der Waals surface area contributed by atoms with Gasteiger partial charge in [0.15, 0.2) is 11.4 Å². The van der Waals surface area contributed by atoms with Gasteiger partial charge in [0, 0.05) is 47.0 Å². The maximum atomic E-state index is 12.9. The molecule has 5 aromatic rings. The van der Waals surface area contributed by atoms with Gasteiger partial charge in [-0.05, 0) is 37.3 Å². The SMILES string of the molecule is Cc1ncccc1C(=O)c1c[nH]c2c(=O)n(Cc3nc4ncccc4[nH]3)ccc12. The van der Waals surface area contributed by atoms with Crippen LogP contribution >= 0.6 is 0 Å². The van der Waals surface area contributed by atoms with Crippen LogP contribution in [0.3, 0.4) is 0 Å². The summed E-state index contributed by atoms with van der Waals surface area (Å²) in [5.74, 6) is 0.469. The zero-order valence-electron chi connectivity index (χ0n) is 15.5. The Morgan fingerprint density at radius 1 is 1.10 bits per heavy atom. The zero-order valence-corrected chi connectivity index (χ0v) is 15.5. The van der Waals surface area contributed by atoms with Gasteiger partial charge in [-0.25, -0.2) is 9.97 Å². The number of carbonyl (C=O) groups excluding carboxylic acids is 1. The third kappa shape index (κ3) is 2.82. The maximum absolute atomic E-state index is 12.9. The number of nitrogens with one attached hydrogen (secondary N) is 2. The van der Waals surface area contributed by atoms with E-state index in [1.165, 1.54) is 0 Å². The summed E-state index contributed by atoms with van der Waals surface area (Å²) < 4.78 is 1.54. The van der Waals surface area contributed by atoms with Crippen LogP contribution in [0.15, 0.2) is 59.9 Å². The Morgan fingerprint density at radius 2 is 1.93 bits per heavy atom. The molecule has 8 nitrogen and oxygen atoms in total. The van der Waals surface area contributed by atoms with Crippen LogP contribution in [0, 0.1) is 6.92 Å². The summed E-state index contributed by atoms with van der Waals surface area (Å²) in [6, 6.07) is 8.94. The zero-order chi connectivity index (χ0) is 20.0. The van der Waals surface area contributed by atoms with E-state index in [0.717, 1.165) is 5.52 Å². The third-order valence-electron chi connectivity index (χ3n) is 4.94. The Labute approximate surface area is 164 Å². The van der Waals surface area contributed by atoms with Crippen molar-refractivity contribution < 1.29 is 4.79 Å². The van der Waals surface area contributed by atoms with Crippen molar-refractivity contribution in [3.8, 4) is 0 Å². The molecule has 142 valence electrons. The van der Waals surface area contributed by atoms with Gasteiger partial charge in [-0.2, -0.15) is 0 Å². The summed E-state index contributed by atoms with van der Waals surface area (Å²) >= 11 is 0. The lowest BCUT2D eigenvalue weighted by Crippen LogP contribution is -2.20. The van der Waals surface area contributed by atoms with Crippen molar-refractivity contribution in [1.29, 1.82) is 0 Å². The highest BCUT2D eigenvalue weighted by Gasteiger charge is 2.18. The number of aromatic nitrogens is 6. The van der Waals surface area contributed by atoms with Crippen molar-refractivity contribution in [3.63, 3.8) is 0 Å².